The van der Waals surface area contributed by atoms with Crippen LogP contribution >= 0.6 is 0 Å². The summed E-state index contributed by atoms with van der Waals surface area (Å²) in [6.45, 7) is 0.867. The second-order valence-corrected chi connectivity index (χ2v) is 12.4. The molecule has 0 saturated carbocycles. The second-order valence-electron chi connectivity index (χ2n) is 12.4. The quantitative estimate of drug-likeness (QED) is 0.0639. The van der Waals surface area contributed by atoms with E-state index in [0.717, 1.165) is 19.3 Å². The van der Waals surface area contributed by atoms with E-state index in [2.05, 4.69) is 6.92 Å². The summed E-state index contributed by atoms with van der Waals surface area (Å²) < 4.78 is 21.5. The molecule has 0 aromatic carbocycles. The highest BCUT2D eigenvalue weighted by molar-refractivity contribution is 5.69. The lowest BCUT2D eigenvalue weighted by atomic mass is 9.97. The molecule has 0 aromatic heterocycles. The molecule has 7 N–H and O–H groups in total. The number of unbranched alkanes of at least 4 members (excludes halogenated alkanes) is 16. The summed E-state index contributed by atoms with van der Waals surface area (Å²) in [4.78, 5) is 12.5. The molecule has 0 bridgehead atoms. The Kier molecular flexibility index (Phi) is 20.1. The topological polar surface area (TPSA) is 196 Å². The highest BCUT2D eigenvalue weighted by Crippen LogP contribution is 2.30. The Morgan fingerprint density at radius 3 is 1.52 bits per heavy atom. The van der Waals surface area contributed by atoms with Crippen molar-refractivity contribution in [2.24, 2.45) is 0 Å². The van der Waals surface area contributed by atoms with Crippen molar-refractivity contribution in [2.45, 2.75) is 184 Å². The molecule has 0 aliphatic carbocycles. The highest BCUT2D eigenvalue weighted by atomic mass is 16.7. The van der Waals surface area contributed by atoms with Crippen LogP contribution < -0.4 is 0 Å². The molecule has 260 valence electrons. The van der Waals surface area contributed by atoms with Crippen LogP contribution in [0.1, 0.15) is 122 Å². The van der Waals surface area contributed by atoms with Gasteiger partial charge in [-0.2, -0.15) is 0 Å². The largest absolute Gasteiger partial charge is 0.454 e. The van der Waals surface area contributed by atoms with Crippen molar-refractivity contribution < 1.29 is 59.5 Å². The smallest absolute Gasteiger partial charge is 0.306 e. The number of aliphatic hydroxyl groups excluding tert-OH is 7. The van der Waals surface area contributed by atoms with Gasteiger partial charge in [-0.15, -0.1) is 0 Å². The Labute approximate surface area is 262 Å². The molecule has 2 aliphatic rings. The molecule has 10 atom stereocenters. The molecular weight excluding hydrogens is 576 g/mol. The highest BCUT2D eigenvalue weighted by Gasteiger charge is 2.51. The first-order valence-corrected chi connectivity index (χ1v) is 17.0. The Morgan fingerprint density at radius 2 is 1.05 bits per heavy atom. The van der Waals surface area contributed by atoms with Crippen molar-refractivity contribution in [3.05, 3.63) is 0 Å². The number of aliphatic hydroxyl groups is 7. The summed E-state index contributed by atoms with van der Waals surface area (Å²) in [7, 11) is 0. The lowest BCUT2D eigenvalue weighted by molar-refractivity contribution is -0.355. The molecule has 0 amide bonds. The van der Waals surface area contributed by atoms with E-state index in [4.69, 9.17) is 18.9 Å². The van der Waals surface area contributed by atoms with E-state index >= 15 is 0 Å². The minimum Gasteiger partial charge on any atom is -0.454 e. The van der Waals surface area contributed by atoms with E-state index in [9.17, 15) is 40.5 Å². The first-order valence-electron chi connectivity index (χ1n) is 17.0. The average molecular weight is 637 g/mol. The summed E-state index contributed by atoms with van der Waals surface area (Å²) >= 11 is 0. The van der Waals surface area contributed by atoms with E-state index in [1.807, 2.05) is 0 Å². The molecule has 0 aromatic rings. The van der Waals surface area contributed by atoms with Gasteiger partial charge in [0.1, 0.15) is 42.7 Å². The Bertz CT molecular complexity index is 740. The molecule has 2 aliphatic heterocycles. The minimum atomic E-state index is -1.76. The first kappa shape index (κ1) is 39.2. The van der Waals surface area contributed by atoms with Gasteiger partial charge in [0.15, 0.2) is 18.7 Å². The van der Waals surface area contributed by atoms with Crippen LogP contribution in [0.2, 0.25) is 0 Å². The number of hydrogen-bond acceptors (Lipinski definition) is 12. The summed E-state index contributed by atoms with van der Waals surface area (Å²) in [6, 6.07) is 0. The van der Waals surface area contributed by atoms with Crippen molar-refractivity contribution in [2.75, 3.05) is 13.2 Å². The van der Waals surface area contributed by atoms with Crippen molar-refractivity contribution in [3.8, 4) is 0 Å². The Hall–Kier alpha value is -0.930. The fourth-order valence-corrected chi connectivity index (χ4v) is 5.89. The van der Waals surface area contributed by atoms with E-state index < -0.39 is 80.6 Å². The van der Waals surface area contributed by atoms with Gasteiger partial charge in [-0.3, -0.25) is 4.79 Å². The second kappa shape index (κ2) is 22.6. The van der Waals surface area contributed by atoms with Crippen LogP contribution in [-0.4, -0.2) is 116 Å². The van der Waals surface area contributed by atoms with Crippen LogP contribution in [0.15, 0.2) is 0 Å². The molecular formula is C32H60O12. The van der Waals surface area contributed by atoms with Crippen molar-refractivity contribution >= 4 is 5.97 Å². The van der Waals surface area contributed by atoms with Gasteiger partial charge in [-0.25, -0.2) is 0 Å². The van der Waals surface area contributed by atoms with Gasteiger partial charge in [-0.05, 0) is 6.42 Å². The molecule has 12 heteroatoms. The summed E-state index contributed by atoms with van der Waals surface area (Å²) in [6.07, 6.45) is 5.24. The van der Waals surface area contributed by atoms with Crippen molar-refractivity contribution in [1.82, 2.24) is 0 Å². The molecule has 2 saturated heterocycles. The molecule has 2 rings (SSSR count). The fraction of sp³-hybridized carbons (Fsp3) is 0.969. The lowest BCUT2D eigenvalue weighted by Crippen LogP contribution is -2.65. The third kappa shape index (κ3) is 13.4. The minimum absolute atomic E-state index is 0.0935. The average Bonchev–Trinajstić information content (AvgIpc) is 3.01. The zero-order chi connectivity index (χ0) is 32.3. The molecule has 2 fully saturated rings. The Morgan fingerprint density at radius 1 is 0.568 bits per heavy atom. The maximum Gasteiger partial charge on any atom is 0.306 e. The zero-order valence-electron chi connectivity index (χ0n) is 26.6. The van der Waals surface area contributed by atoms with Crippen LogP contribution in [0.25, 0.3) is 0 Å². The fourth-order valence-electron chi connectivity index (χ4n) is 5.89. The van der Waals surface area contributed by atoms with Crippen molar-refractivity contribution in [3.63, 3.8) is 0 Å². The van der Waals surface area contributed by atoms with Gasteiger partial charge in [0.2, 0.25) is 0 Å². The number of rotatable bonds is 23. The summed E-state index contributed by atoms with van der Waals surface area (Å²) in [5, 5.41) is 70.6. The number of hydrogen-bond donors (Lipinski definition) is 7. The van der Waals surface area contributed by atoms with Crippen molar-refractivity contribution in [1.29, 1.82) is 0 Å². The molecule has 0 radical (unpaired) electrons. The molecule has 44 heavy (non-hydrogen) atoms. The standard InChI is InChI=1S/C32H60O12/c1-2-3-4-5-6-7-8-9-10-11-12-13-14-15-16-17-18-19-24(35)43-30-28(39)29(23(21-34)41-31(30)40)44-32-27(38)26(37)25(36)22(20-33)42-32/h22-23,25-34,36-40H,2-21H2,1H3/t22-,23-,25-,26+,27+,28+,29-,30+,31?,32+/m1/s1. The number of ether oxygens (including phenoxy) is 4. The molecule has 1 unspecified atom stereocenters. The zero-order valence-corrected chi connectivity index (χ0v) is 26.6. The Balaban J connectivity index is 1.61. The van der Waals surface area contributed by atoms with Gasteiger partial charge in [-0.1, -0.05) is 110 Å². The van der Waals surface area contributed by atoms with Gasteiger partial charge in [0.25, 0.3) is 0 Å². The third-order valence-electron chi connectivity index (χ3n) is 8.71. The molecule has 2 heterocycles. The predicted octanol–water partition coefficient (Wildman–Crippen LogP) is 2.20. The van der Waals surface area contributed by atoms with Gasteiger partial charge in [0, 0.05) is 6.42 Å². The third-order valence-corrected chi connectivity index (χ3v) is 8.71. The molecule has 0 spiro atoms. The van der Waals surface area contributed by atoms with Crippen LogP contribution in [0, 0.1) is 0 Å². The van der Waals surface area contributed by atoms with E-state index in [1.54, 1.807) is 0 Å². The summed E-state index contributed by atoms with van der Waals surface area (Å²) in [5.41, 5.74) is 0. The van der Waals surface area contributed by atoms with Gasteiger partial charge in [0.05, 0.1) is 13.2 Å². The van der Waals surface area contributed by atoms with Gasteiger partial charge >= 0.3 is 5.97 Å². The van der Waals surface area contributed by atoms with Crippen LogP contribution in [-0.2, 0) is 23.7 Å². The first-order chi connectivity index (χ1) is 21.2. The number of carbonyl (C=O) groups is 1. The van der Waals surface area contributed by atoms with Crippen LogP contribution in [0.3, 0.4) is 0 Å². The van der Waals surface area contributed by atoms with E-state index in [-0.39, 0.29) is 6.42 Å². The van der Waals surface area contributed by atoms with Crippen LogP contribution in [0.5, 0.6) is 0 Å². The number of esters is 1. The SMILES string of the molecule is CCCCCCCCCCCCCCCCCCCC(=O)O[C@@H]1C(O)O[C@H](CO)[C@@H](O[C@@H]2O[C@H](CO)[C@@H](O)[C@H](O)[C@@H]2O)[C@@H]1O. The van der Waals surface area contributed by atoms with Gasteiger partial charge < -0.3 is 54.7 Å². The lowest BCUT2D eigenvalue weighted by Gasteiger charge is -2.45. The monoisotopic (exact) mass is 636 g/mol. The summed E-state index contributed by atoms with van der Waals surface area (Å²) in [5.74, 6) is -0.633. The van der Waals surface area contributed by atoms with Crippen LogP contribution in [0.4, 0.5) is 0 Å². The normalized spacial score (nSPS) is 32.5. The maximum atomic E-state index is 12.5. The van der Waals surface area contributed by atoms with E-state index in [1.165, 1.54) is 83.5 Å². The van der Waals surface area contributed by atoms with E-state index in [0.29, 0.717) is 6.42 Å². The number of carbonyl (C=O) groups excluding carboxylic acids is 1. The molecule has 12 nitrogen and oxygen atoms in total. The predicted molar refractivity (Wildman–Crippen MR) is 161 cm³/mol. The maximum absolute atomic E-state index is 12.5.